The predicted octanol–water partition coefficient (Wildman–Crippen LogP) is -0.247. The predicted molar refractivity (Wildman–Crippen MR) is 120 cm³/mol. The van der Waals surface area contributed by atoms with Crippen LogP contribution in [0.3, 0.4) is 0 Å². The summed E-state index contributed by atoms with van der Waals surface area (Å²) in [7, 11) is 0. The number of oxime groups is 1. The number of thioether (sulfide) groups is 2. The van der Waals surface area contributed by atoms with E-state index in [4.69, 9.17) is 15.7 Å². The largest absolute Gasteiger partial charge is 0.481 e. The normalized spacial score (nSPS) is 26.0. The lowest BCUT2D eigenvalue weighted by Gasteiger charge is -2.53. The fraction of sp³-hybridized carbons (Fsp3) is 0.529. The smallest absolute Gasteiger partial charge is 0.347 e. The summed E-state index contributed by atoms with van der Waals surface area (Å²) in [4.78, 5) is 58.6. The first kappa shape index (κ1) is 24.1. The van der Waals surface area contributed by atoms with Gasteiger partial charge in [-0.15, -0.1) is 23.1 Å². The number of hydrogen-bond donors (Lipinski definition) is 4. The Morgan fingerprint density at radius 1 is 1.50 bits per heavy atom. The number of nitrogens with zero attached hydrogens (tertiary/aromatic N) is 3. The number of β-lactam (4-membered cyclic amide) rings is 1. The van der Waals surface area contributed by atoms with Crippen molar-refractivity contribution in [1.82, 2.24) is 15.2 Å². The van der Waals surface area contributed by atoms with Crippen LogP contribution in [-0.2, 0) is 24.0 Å². The van der Waals surface area contributed by atoms with E-state index in [1.54, 1.807) is 0 Å². The Labute approximate surface area is 194 Å². The molecule has 0 radical (unpaired) electrons. The Balaban J connectivity index is 1.74. The SMILES string of the molecule is CSCC1(C(=O)O)CS[C@@H]2C(NC(=O)C(=NOC(C)C(=O)O)c3csc(N)n3)C(=O)N2C1. The third-order valence-electron chi connectivity index (χ3n) is 4.94. The van der Waals surface area contributed by atoms with Crippen LogP contribution in [0.15, 0.2) is 10.5 Å². The zero-order chi connectivity index (χ0) is 23.6. The Morgan fingerprint density at radius 2 is 2.22 bits per heavy atom. The van der Waals surface area contributed by atoms with E-state index in [0.717, 1.165) is 11.3 Å². The summed E-state index contributed by atoms with van der Waals surface area (Å²) in [5.74, 6) is -2.76. The van der Waals surface area contributed by atoms with Gasteiger partial charge in [0.15, 0.2) is 10.8 Å². The van der Waals surface area contributed by atoms with E-state index >= 15 is 0 Å². The van der Waals surface area contributed by atoms with Crippen molar-refractivity contribution in [2.45, 2.75) is 24.4 Å². The highest BCUT2D eigenvalue weighted by molar-refractivity contribution is 8.00. The summed E-state index contributed by atoms with van der Waals surface area (Å²) in [5, 5.41) is 26.0. The molecule has 0 saturated carbocycles. The number of amides is 2. The number of nitrogens with two attached hydrogens (primary N) is 1. The molecule has 2 saturated heterocycles. The average Bonchev–Trinajstić information content (AvgIpc) is 3.17. The van der Waals surface area contributed by atoms with E-state index in [0.29, 0.717) is 11.5 Å². The van der Waals surface area contributed by atoms with Gasteiger partial charge >= 0.3 is 11.9 Å². The lowest BCUT2D eigenvalue weighted by atomic mass is 9.89. The maximum atomic E-state index is 12.9. The molecule has 0 spiro atoms. The molecule has 2 amide bonds. The van der Waals surface area contributed by atoms with Gasteiger partial charge in [-0.25, -0.2) is 9.78 Å². The van der Waals surface area contributed by atoms with Crippen LogP contribution in [-0.4, -0.2) is 91.4 Å². The van der Waals surface area contributed by atoms with Crippen LogP contribution < -0.4 is 11.1 Å². The van der Waals surface area contributed by atoms with Gasteiger partial charge in [-0.1, -0.05) is 5.16 Å². The Kier molecular flexibility index (Phi) is 7.19. The molecule has 0 aromatic carbocycles. The lowest BCUT2D eigenvalue weighted by Crippen LogP contribution is -2.74. The maximum Gasteiger partial charge on any atom is 0.347 e. The molecule has 0 aliphatic carbocycles. The molecule has 2 aliphatic rings. The van der Waals surface area contributed by atoms with Crippen LogP contribution in [0.1, 0.15) is 12.6 Å². The third kappa shape index (κ3) is 4.63. The van der Waals surface area contributed by atoms with Crippen molar-refractivity contribution in [1.29, 1.82) is 0 Å². The highest BCUT2D eigenvalue weighted by Gasteiger charge is 2.57. The van der Waals surface area contributed by atoms with Crippen molar-refractivity contribution in [2.75, 3.05) is 30.0 Å². The topological polar surface area (TPSA) is 185 Å². The average molecular weight is 504 g/mol. The molecule has 5 N–H and O–H groups in total. The van der Waals surface area contributed by atoms with Gasteiger partial charge < -0.3 is 31.0 Å². The first-order valence-corrected chi connectivity index (χ1v) is 12.5. The Morgan fingerprint density at radius 3 is 2.78 bits per heavy atom. The van der Waals surface area contributed by atoms with Crippen LogP contribution >= 0.6 is 34.9 Å². The van der Waals surface area contributed by atoms with Gasteiger partial charge in [0.2, 0.25) is 12.0 Å². The van der Waals surface area contributed by atoms with Gasteiger partial charge in [-0.05, 0) is 13.2 Å². The van der Waals surface area contributed by atoms with Crippen LogP contribution in [0, 0.1) is 5.41 Å². The number of carbonyl (C=O) groups is 4. The second-order valence-corrected chi connectivity index (χ2v) is 10.1. The first-order chi connectivity index (χ1) is 15.1. The number of rotatable bonds is 9. The fourth-order valence-electron chi connectivity index (χ4n) is 3.17. The molecule has 4 atom stereocenters. The number of anilines is 1. The number of carboxylic acids is 2. The molecular formula is C17H21N5O7S3. The quantitative estimate of drug-likeness (QED) is 0.198. The number of aliphatic carboxylic acids is 2. The van der Waals surface area contributed by atoms with E-state index in [1.165, 1.54) is 40.7 Å². The lowest BCUT2D eigenvalue weighted by molar-refractivity contribution is -0.157. The Bertz CT molecular complexity index is 970. The molecule has 3 unspecified atom stereocenters. The van der Waals surface area contributed by atoms with Gasteiger partial charge in [0, 0.05) is 23.4 Å². The molecule has 3 rings (SSSR count). The molecule has 3 heterocycles. The minimum atomic E-state index is -1.32. The van der Waals surface area contributed by atoms with Gasteiger partial charge in [-0.2, -0.15) is 11.8 Å². The molecule has 12 nitrogen and oxygen atoms in total. The van der Waals surface area contributed by atoms with E-state index in [2.05, 4.69) is 15.5 Å². The third-order valence-corrected chi connectivity index (χ3v) is 8.04. The standard InChI is InChI=1S/C17H21N5O7S3/c1-7(14(25)26)29-21-9(8-3-31-16(18)19-8)11(23)20-10-12(24)22-4-17(5-30-2,15(27)28)6-32-13(10)22/h3,7,10,13H,4-6H2,1-2H3,(H2,18,19)(H,20,23)(H,25,26)(H,27,28)/t7?,10?,13-,17?/m1/s1. The first-order valence-electron chi connectivity index (χ1n) is 9.23. The number of hydrogen-bond acceptors (Lipinski definition) is 11. The van der Waals surface area contributed by atoms with E-state index in [-0.39, 0.29) is 23.1 Å². The van der Waals surface area contributed by atoms with Crippen LogP contribution in [0.2, 0.25) is 0 Å². The Hall–Kier alpha value is -2.52. The summed E-state index contributed by atoms with van der Waals surface area (Å²) in [6, 6.07) is -0.883. The summed E-state index contributed by atoms with van der Waals surface area (Å²) < 4.78 is 0. The maximum absolute atomic E-state index is 12.9. The molecule has 174 valence electrons. The number of carbonyl (C=O) groups excluding carboxylic acids is 2. The van der Waals surface area contributed by atoms with Gasteiger partial charge in [-0.3, -0.25) is 14.4 Å². The van der Waals surface area contributed by atoms with Crippen molar-refractivity contribution in [3.8, 4) is 0 Å². The number of nitrogens with one attached hydrogen (secondary N) is 1. The summed E-state index contributed by atoms with van der Waals surface area (Å²) >= 11 is 3.74. The highest BCUT2D eigenvalue weighted by Crippen LogP contribution is 2.43. The van der Waals surface area contributed by atoms with E-state index < -0.39 is 46.7 Å². The molecule has 2 fully saturated rings. The highest BCUT2D eigenvalue weighted by atomic mass is 32.2. The van der Waals surface area contributed by atoms with Crippen molar-refractivity contribution in [3.63, 3.8) is 0 Å². The van der Waals surface area contributed by atoms with Crippen molar-refractivity contribution in [3.05, 3.63) is 11.1 Å². The van der Waals surface area contributed by atoms with E-state index in [1.807, 2.05) is 6.26 Å². The second-order valence-electron chi connectivity index (χ2n) is 7.23. The molecule has 2 aliphatic heterocycles. The van der Waals surface area contributed by atoms with Gasteiger partial charge in [0.05, 0.1) is 0 Å². The number of fused-ring (bicyclic) bond motifs is 1. The van der Waals surface area contributed by atoms with Crippen LogP contribution in [0.5, 0.6) is 0 Å². The van der Waals surface area contributed by atoms with Crippen molar-refractivity contribution >= 4 is 69.5 Å². The number of thiazole rings is 1. The molecule has 1 aromatic rings. The van der Waals surface area contributed by atoms with Crippen molar-refractivity contribution in [2.24, 2.45) is 10.6 Å². The number of carboxylic acid groups (broad SMARTS) is 2. The van der Waals surface area contributed by atoms with Crippen molar-refractivity contribution < 1.29 is 34.2 Å². The zero-order valence-corrected chi connectivity index (χ0v) is 19.5. The van der Waals surface area contributed by atoms with Gasteiger partial charge in [0.25, 0.3) is 5.91 Å². The fourth-order valence-corrected chi connectivity index (χ4v) is 6.26. The molecule has 0 bridgehead atoms. The summed E-state index contributed by atoms with van der Waals surface area (Å²) in [5.41, 5.74) is 4.33. The molecule has 1 aromatic heterocycles. The molecule has 15 heteroatoms. The van der Waals surface area contributed by atoms with Crippen LogP contribution in [0.25, 0.3) is 0 Å². The minimum Gasteiger partial charge on any atom is -0.481 e. The monoisotopic (exact) mass is 503 g/mol. The van der Waals surface area contributed by atoms with Crippen LogP contribution in [0.4, 0.5) is 5.13 Å². The molecule has 32 heavy (non-hydrogen) atoms. The number of nitrogen functional groups attached to an aromatic ring is 1. The second kappa shape index (κ2) is 9.54. The summed E-state index contributed by atoms with van der Waals surface area (Å²) in [6.07, 6.45) is 0.492. The van der Waals surface area contributed by atoms with Gasteiger partial charge in [0.1, 0.15) is 22.5 Å². The van der Waals surface area contributed by atoms with E-state index in [9.17, 15) is 24.3 Å². The number of aromatic nitrogens is 1. The zero-order valence-electron chi connectivity index (χ0n) is 17.0. The molecular weight excluding hydrogens is 482 g/mol. The summed E-state index contributed by atoms with van der Waals surface area (Å²) in [6.45, 7) is 1.31. The minimum absolute atomic E-state index is 0.0643.